The van der Waals surface area contributed by atoms with E-state index in [1.807, 2.05) is 60.7 Å². The van der Waals surface area contributed by atoms with E-state index in [4.69, 9.17) is 4.74 Å². The van der Waals surface area contributed by atoms with E-state index in [1.54, 1.807) is 0 Å². The molecule has 1 saturated heterocycles. The van der Waals surface area contributed by atoms with Gasteiger partial charge in [0.15, 0.2) is 0 Å². The number of hydrogen-bond acceptors (Lipinski definition) is 4. The maximum Gasteiger partial charge on any atom is 0.417 e. The zero-order valence-corrected chi connectivity index (χ0v) is 16.5. The summed E-state index contributed by atoms with van der Waals surface area (Å²) < 4.78 is 5.26. The van der Waals surface area contributed by atoms with Crippen molar-refractivity contribution in [1.29, 1.82) is 0 Å². The van der Waals surface area contributed by atoms with Crippen LogP contribution in [0, 0.1) is 0 Å². The number of cyclic esters (lactones) is 1. The molecular formula is C24H27NO4. The molecule has 1 heterocycles. The predicted octanol–water partition coefficient (Wildman–Crippen LogP) is 4.06. The molecule has 1 aliphatic heterocycles. The maximum atomic E-state index is 13.7. The molecule has 4 rings (SSSR count). The largest absolute Gasteiger partial charge is 0.447 e. The lowest BCUT2D eigenvalue weighted by Gasteiger charge is -2.40. The first-order valence-corrected chi connectivity index (χ1v) is 10.4. The predicted molar refractivity (Wildman–Crippen MR) is 109 cm³/mol. The van der Waals surface area contributed by atoms with Crippen molar-refractivity contribution in [2.75, 3.05) is 6.61 Å². The number of nitrogens with zero attached hydrogens (tertiary/aromatic N) is 1. The third-order valence-corrected chi connectivity index (χ3v) is 6.15. The number of amides is 2. The fourth-order valence-electron chi connectivity index (χ4n) is 4.69. The lowest BCUT2D eigenvalue weighted by Crippen LogP contribution is -2.50. The maximum absolute atomic E-state index is 13.7. The molecule has 0 aromatic heterocycles. The van der Waals surface area contributed by atoms with Gasteiger partial charge in [-0.25, -0.2) is 9.69 Å². The zero-order chi connectivity index (χ0) is 20.3. The first-order valence-electron chi connectivity index (χ1n) is 10.4. The number of imide groups is 1. The molecule has 5 heteroatoms. The van der Waals surface area contributed by atoms with Gasteiger partial charge in [-0.3, -0.25) is 4.79 Å². The fourth-order valence-corrected chi connectivity index (χ4v) is 4.69. The van der Waals surface area contributed by atoms with E-state index in [9.17, 15) is 14.7 Å². The molecule has 152 valence electrons. The van der Waals surface area contributed by atoms with Gasteiger partial charge in [0.1, 0.15) is 6.61 Å². The standard InChI is InChI=1S/C24H27NO4/c26-22(25-20(17-29-23(25)27)16-18-10-4-1-5-11-18)21(19-12-6-2-7-13-19)24(28)14-8-3-9-15-24/h1-2,4-7,10-13,20-21,28H,3,8-9,14-17H2. The molecule has 2 atom stereocenters. The number of ether oxygens (including phenoxy) is 1. The summed E-state index contributed by atoms with van der Waals surface area (Å²) in [6.45, 7) is 0.180. The van der Waals surface area contributed by atoms with Gasteiger partial charge in [-0.1, -0.05) is 79.9 Å². The molecule has 2 aromatic rings. The number of benzene rings is 2. The van der Waals surface area contributed by atoms with E-state index >= 15 is 0 Å². The highest BCUT2D eigenvalue weighted by Crippen LogP contribution is 2.42. The monoisotopic (exact) mass is 393 g/mol. The van der Waals surface area contributed by atoms with Crippen molar-refractivity contribution in [3.63, 3.8) is 0 Å². The van der Waals surface area contributed by atoms with Crippen LogP contribution in [0.1, 0.15) is 49.1 Å². The molecule has 2 fully saturated rings. The minimum atomic E-state index is -1.14. The molecule has 29 heavy (non-hydrogen) atoms. The molecule has 0 spiro atoms. The smallest absolute Gasteiger partial charge is 0.417 e. The number of rotatable bonds is 5. The highest BCUT2D eigenvalue weighted by Gasteiger charge is 2.49. The van der Waals surface area contributed by atoms with Crippen molar-refractivity contribution < 1.29 is 19.4 Å². The summed E-state index contributed by atoms with van der Waals surface area (Å²) in [5.41, 5.74) is 0.651. The Balaban J connectivity index is 1.66. The Morgan fingerprint density at radius 3 is 2.31 bits per heavy atom. The molecule has 2 aliphatic rings. The van der Waals surface area contributed by atoms with Crippen molar-refractivity contribution >= 4 is 12.0 Å². The van der Waals surface area contributed by atoms with Crippen LogP contribution in [0.3, 0.4) is 0 Å². The molecule has 1 N–H and O–H groups in total. The molecule has 2 aromatic carbocycles. The normalized spacial score (nSPS) is 22.2. The quantitative estimate of drug-likeness (QED) is 0.832. The highest BCUT2D eigenvalue weighted by atomic mass is 16.6. The first kappa shape index (κ1) is 19.6. The van der Waals surface area contributed by atoms with Crippen molar-refractivity contribution in [3.05, 3.63) is 71.8 Å². The van der Waals surface area contributed by atoms with Crippen LogP contribution < -0.4 is 0 Å². The molecule has 1 saturated carbocycles. The minimum absolute atomic E-state index is 0.180. The van der Waals surface area contributed by atoms with Gasteiger partial charge in [-0.2, -0.15) is 0 Å². The Morgan fingerprint density at radius 1 is 1.03 bits per heavy atom. The van der Waals surface area contributed by atoms with Crippen LogP contribution in [0.4, 0.5) is 4.79 Å². The second-order valence-electron chi connectivity index (χ2n) is 8.14. The Kier molecular flexibility index (Phi) is 5.67. The van der Waals surface area contributed by atoms with Crippen LogP contribution in [0.15, 0.2) is 60.7 Å². The van der Waals surface area contributed by atoms with Gasteiger partial charge in [0.25, 0.3) is 0 Å². The Hall–Kier alpha value is -2.66. The van der Waals surface area contributed by atoms with Gasteiger partial charge < -0.3 is 9.84 Å². The van der Waals surface area contributed by atoms with Crippen LogP contribution in [-0.4, -0.2) is 40.3 Å². The summed E-state index contributed by atoms with van der Waals surface area (Å²) in [5, 5.41) is 11.5. The molecular weight excluding hydrogens is 366 g/mol. The third-order valence-electron chi connectivity index (χ3n) is 6.15. The van der Waals surface area contributed by atoms with Crippen LogP contribution in [0.5, 0.6) is 0 Å². The summed E-state index contributed by atoms with van der Waals surface area (Å²) in [6.07, 6.45) is 3.86. The minimum Gasteiger partial charge on any atom is -0.447 e. The number of carbonyl (C=O) groups excluding carboxylic acids is 2. The number of hydrogen-bond donors (Lipinski definition) is 1. The topological polar surface area (TPSA) is 66.8 Å². The molecule has 0 radical (unpaired) electrons. The highest BCUT2D eigenvalue weighted by molar-refractivity contribution is 5.98. The summed E-state index contributed by atoms with van der Waals surface area (Å²) >= 11 is 0. The van der Waals surface area contributed by atoms with Gasteiger partial charge >= 0.3 is 6.09 Å². The van der Waals surface area contributed by atoms with Crippen molar-refractivity contribution in [1.82, 2.24) is 4.90 Å². The first-order chi connectivity index (χ1) is 14.1. The molecule has 0 bridgehead atoms. The summed E-state index contributed by atoms with van der Waals surface area (Å²) in [5.74, 6) is -1.13. The second kappa shape index (κ2) is 8.37. The van der Waals surface area contributed by atoms with Gasteiger partial charge in [0, 0.05) is 0 Å². The number of carbonyl (C=O) groups is 2. The molecule has 1 aliphatic carbocycles. The van der Waals surface area contributed by atoms with Crippen molar-refractivity contribution in [3.8, 4) is 0 Å². The molecule has 5 nitrogen and oxygen atoms in total. The summed E-state index contributed by atoms with van der Waals surface area (Å²) in [4.78, 5) is 27.5. The van der Waals surface area contributed by atoms with Gasteiger partial charge in [0.2, 0.25) is 5.91 Å². The van der Waals surface area contributed by atoms with E-state index < -0.39 is 17.6 Å². The van der Waals surface area contributed by atoms with Crippen LogP contribution >= 0.6 is 0 Å². The Morgan fingerprint density at radius 2 is 1.66 bits per heavy atom. The van der Waals surface area contributed by atoms with E-state index in [0.717, 1.165) is 30.4 Å². The Bertz CT molecular complexity index is 846. The summed E-state index contributed by atoms with van der Waals surface area (Å²) in [7, 11) is 0. The van der Waals surface area contributed by atoms with Gasteiger partial charge in [-0.15, -0.1) is 0 Å². The van der Waals surface area contributed by atoms with Crippen LogP contribution in [0.25, 0.3) is 0 Å². The summed E-state index contributed by atoms with van der Waals surface area (Å²) in [6, 6.07) is 18.8. The van der Waals surface area contributed by atoms with Crippen LogP contribution in [0.2, 0.25) is 0 Å². The van der Waals surface area contributed by atoms with Gasteiger partial charge in [-0.05, 0) is 30.4 Å². The third kappa shape index (κ3) is 4.06. The lowest BCUT2D eigenvalue weighted by atomic mass is 9.72. The molecule has 2 amide bonds. The van der Waals surface area contributed by atoms with E-state index in [-0.39, 0.29) is 18.6 Å². The Labute approximate surface area is 171 Å². The average Bonchev–Trinajstić information content (AvgIpc) is 3.10. The second-order valence-corrected chi connectivity index (χ2v) is 8.14. The van der Waals surface area contributed by atoms with E-state index in [2.05, 4.69) is 0 Å². The average molecular weight is 393 g/mol. The fraction of sp³-hybridized carbons (Fsp3) is 0.417. The lowest BCUT2D eigenvalue weighted by molar-refractivity contribution is -0.139. The SMILES string of the molecule is O=C1OCC(Cc2ccccc2)N1C(=O)C(c1ccccc1)C1(O)CCCCC1. The van der Waals surface area contributed by atoms with E-state index in [0.29, 0.717) is 19.3 Å². The van der Waals surface area contributed by atoms with Crippen LogP contribution in [-0.2, 0) is 16.0 Å². The van der Waals surface area contributed by atoms with E-state index in [1.165, 1.54) is 4.90 Å². The van der Waals surface area contributed by atoms with Gasteiger partial charge in [0.05, 0.1) is 17.6 Å². The number of aliphatic hydroxyl groups is 1. The molecule has 2 unspecified atom stereocenters. The van der Waals surface area contributed by atoms with Crippen molar-refractivity contribution in [2.45, 2.75) is 56.1 Å². The van der Waals surface area contributed by atoms with Crippen molar-refractivity contribution in [2.24, 2.45) is 0 Å². The zero-order valence-electron chi connectivity index (χ0n) is 16.5.